The number of amides is 2. The zero-order valence-electron chi connectivity index (χ0n) is 10.8. The van der Waals surface area contributed by atoms with Crippen LogP contribution >= 0.6 is 0 Å². The van der Waals surface area contributed by atoms with Gasteiger partial charge in [-0.1, -0.05) is 19.8 Å². The summed E-state index contributed by atoms with van der Waals surface area (Å²) in [7, 11) is 0. The molecule has 0 radical (unpaired) electrons. The van der Waals surface area contributed by atoms with E-state index in [-0.39, 0.29) is 6.04 Å². The Balaban J connectivity index is 2.32. The molecule has 0 aromatic rings. The van der Waals surface area contributed by atoms with Crippen LogP contribution in [0.15, 0.2) is 0 Å². The first-order valence-corrected chi connectivity index (χ1v) is 6.51. The van der Waals surface area contributed by atoms with Crippen molar-refractivity contribution in [3.05, 3.63) is 0 Å². The molecule has 1 fully saturated rings. The van der Waals surface area contributed by atoms with Gasteiger partial charge < -0.3 is 20.5 Å². The van der Waals surface area contributed by atoms with E-state index in [1.807, 2.05) is 6.92 Å². The highest BCUT2D eigenvalue weighted by Gasteiger charge is 2.21. The van der Waals surface area contributed by atoms with Gasteiger partial charge in [0.1, 0.15) is 6.04 Å². The average Bonchev–Trinajstić information content (AvgIpc) is 2.35. The molecule has 104 valence electrons. The first-order valence-electron chi connectivity index (χ1n) is 6.51. The molecule has 0 spiro atoms. The minimum absolute atomic E-state index is 0.0145. The van der Waals surface area contributed by atoms with Gasteiger partial charge in [0.2, 0.25) is 0 Å². The van der Waals surface area contributed by atoms with Crippen molar-refractivity contribution in [3.8, 4) is 0 Å². The number of urea groups is 1. The Morgan fingerprint density at radius 2 is 2.28 bits per heavy atom. The lowest BCUT2D eigenvalue weighted by atomic mass is 10.1. The summed E-state index contributed by atoms with van der Waals surface area (Å²) in [5, 5.41) is 14.2. The SMILES string of the molecule is CCCCC(NC(=O)NC1CCCOC1)C(=O)O. The van der Waals surface area contributed by atoms with E-state index < -0.39 is 18.0 Å². The number of nitrogens with one attached hydrogen (secondary N) is 2. The molecule has 18 heavy (non-hydrogen) atoms. The van der Waals surface area contributed by atoms with Gasteiger partial charge in [-0.15, -0.1) is 0 Å². The Kier molecular flexibility index (Phi) is 6.49. The van der Waals surface area contributed by atoms with Gasteiger partial charge in [-0.25, -0.2) is 9.59 Å². The minimum Gasteiger partial charge on any atom is -0.480 e. The van der Waals surface area contributed by atoms with Crippen LogP contribution in [-0.2, 0) is 9.53 Å². The van der Waals surface area contributed by atoms with Crippen LogP contribution in [0.5, 0.6) is 0 Å². The van der Waals surface area contributed by atoms with Gasteiger partial charge in [-0.05, 0) is 19.3 Å². The molecule has 1 saturated heterocycles. The lowest BCUT2D eigenvalue weighted by Gasteiger charge is -2.24. The van der Waals surface area contributed by atoms with Crippen LogP contribution in [-0.4, -0.2) is 42.4 Å². The number of rotatable bonds is 6. The summed E-state index contributed by atoms with van der Waals surface area (Å²) in [6.07, 6.45) is 3.94. The van der Waals surface area contributed by atoms with Crippen LogP contribution in [0.1, 0.15) is 39.0 Å². The van der Waals surface area contributed by atoms with E-state index in [1.54, 1.807) is 0 Å². The van der Waals surface area contributed by atoms with Crippen LogP contribution in [0.2, 0.25) is 0 Å². The Morgan fingerprint density at radius 3 is 2.83 bits per heavy atom. The zero-order chi connectivity index (χ0) is 13.4. The highest BCUT2D eigenvalue weighted by atomic mass is 16.5. The van der Waals surface area contributed by atoms with Crippen LogP contribution in [0.3, 0.4) is 0 Å². The Bertz CT molecular complexity index is 277. The van der Waals surface area contributed by atoms with Crippen LogP contribution in [0, 0.1) is 0 Å². The number of carboxylic acid groups (broad SMARTS) is 1. The molecule has 3 N–H and O–H groups in total. The molecule has 0 saturated carbocycles. The van der Waals surface area contributed by atoms with Crippen LogP contribution in [0.25, 0.3) is 0 Å². The normalized spacial score (nSPS) is 21.1. The molecule has 1 rings (SSSR count). The van der Waals surface area contributed by atoms with E-state index in [9.17, 15) is 9.59 Å². The first kappa shape index (κ1) is 14.8. The van der Waals surface area contributed by atoms with E-state index in [0.717, 1.165) is 32.3 Å². The van der Waals surface area contributed by atoms with Gasteiger partial charge >= 0.3 is 12.0 Å². The zero-order valence-corrected chi connectivity index (χ0v) is 10.8. The van der Waals surface area contributed by atoms with E-state index in [1.165, 1.54) is 0 Å². The number of aliphatic carboxylic acids is 1. The fourth-order valence-corrected chi connectivity index (χ4v) is 1.91. The van der Waals surface area contributed by atoms with Crippen molar-refractivity contribution in [2.45, 2.75) is 51.1 Å². The maximum Gasteiger partial charge on any atom is 0.326 e. The van der Waals surface area contributed by atoms with Gasteiger partial charge in [-0.2, -0.15) is 0 Å². The number of unbranched alkanes of at least 4 members (excludes halogenated alkanes) is 1. The number of hydrogen-bond acceptors (Lipinski definition) is 3. The predicted octanol–water partition coefficient (Wildman–Crippen LogP) is 1.11. The molecule has 0 bridgehead atoms. The van der Waals surface area contributed by atoms with Gasteiger partial charge in [0.15, 0.2) is 0 Å². The summed E-state index contributed by atoms with van der Waals surface area (Å²) in [4.78, 5) is 22.6. The van der Waals surface area contributed by atoms with E-state index in [0.29, 0.717) is 13.0 Å². The van der Waals surface area contributed by atoms with E-state index in [2.05, 4.69) is 10.6 Å². The van der Waals surface area contributed by atoms with Gasteiger partial charge in [0.05, 0.1) is 12.6 Å². The second-order valence-corrected chi connectivity index (χ2v) is 4.56. The third-order valence-corrected chi connectivity index (χ3v) is 2.95. The maximum atomic E-state index is 11.6. The highest BCUT2D eigenvalue weighted by molar-refractivity contribution is 5.82. The van der Waals surface area contributed by atoms with E-state index in [4.69, 9.17) is 9.84 Å². The molecule has 2 atom stereocenters. The fourth-order valence-electron chi connectivity index (χ4n) is 1.91. The van der Waals surface area contributed by atoms with Crippen LogP contribution < -0.4 is 10.6 Å². The molecule has 1 aliphatic rings. The smallest absolute Gasteiger partial charge is 0.326 e. The quantitative estimate of drug-likeness (QED) is 0.666. The molecular weight excluding hydrogens is 236 g/mol. The summed E-state index contributed by atoms with van der Waals surface area (Å²) in [6.45, 7) is 3.21. The summed E-state index contributed by atoms with van der Waals surface area (Å²) < 4.78 is 5.24. The first-order chi connectivity index (χ1) is 8.63. The van der Waals surface area contributed by atoms with Crippen molar-refractivity contribution >= 4 is 12.0 Å². The molecule has 0 aromatic carbocycles. The number of carbonyl (C=O) groups excluding carboxylic acids is 1. The highest BCUT2D eigenvalue weighted by Crippen LogP contribution is 2.06. The number of hydrogen-bond donors (Lipinski definition) is 3. The lowest BCUT2D eigenvalue weighted by molar-refractivity contribution is -0.139. The Hall–Kier alpha value is -1.30. The second-order valence-electron chi connectivity index (χ2n) is 4.56. The third-order valence-electron chi connectivity index (χ3n) is 2.95. The number of carboxylic acids is 1. The van der Waals surface area contributed by atoms with Crippen molar-refractivity contribution in [1.29, 1.82) is 0 Å². The second kappa shape index (κ2) is 7.92. The number of ether oxygens (including phenoxy) is 1. The predicted molar refractivity (Wildman–Crippen MR) is 66.5 cm³/mol. The van der Waals surface area contributed by atoms with Crippen molar-refractivity contribution in [1.82, 2.24) is 10.6 Å². The summed E-state index contributed by atoms with van der Waals surface area (Å²) in [6, 6.07) is -1.25. The molecule has 1 heterocycles. The summed E-state index contributed by atoms with van der Waals surface area (Å²) in [5.74, 6) is -0.988. The van der Waals surface area contributed by atoms with E-state index >= 15 is 0 Å². The van der Waals surface area contributed by atoms with Crippen LogP contribution in [0.4, 0.5) is 4.79 Å². The monoisotopic (exact) mass is 258 g/mol. The molecule has 0 aromatic heterocycles. The Labute approximate surface area is 107 Å². The summed E-state index contributed by atoms with van der Waals surface area (Å²) in [5.41, 5.74) is 0. The lowest BCUT2D eigenvalue weighted by Crippen LogP contribution is -2.50. The largest absolute Gasteiger partial charge is 0.480 e. The topological polar surface area (TPSA) is 87.7 Å². The molecular formula is C12H22N2O4. The standard InChI is InChI=1S/C12H22N2O4/c1-2-3-6-10(11(15)16)14-12(17)13-9-5-4-7-18-8-9/h9-10H,2-8H2,1H3,(H,15,16)(H2,13,14,17). The van der Waals surface area contributed by atoms with Crippen molar-refractivity contribution in [3.63, 3.8) is 0 Å². The minimum atomic E-state index is -0.988. The molecule has 0 aliphatic carbocycles. The molecule has 1 aliphatic heterocycles. The number of carbonyl (C=O) groups is 2. The van der Waals surface area contributed by atoms with Crippen molar-refractivity contribution in [2.75, 3.05) is 13.2 Å². The molecule has 2 unspecified atom stereocenters. The van der Waals surface area contributed by atoms with Gasteiger partial charge in [-0.3, -0.25) is 0 Å². The van der Waals surface area contributed by atoms with Crippen molar-refractivity contribution < 1.29 is 19.4 Å². The molecule has 2 amide bonds. The molecule has 6 nitrogen and oxygen atoms in total. The summed E-state index contributed by atoms with van der Waals surface area (Å²) >= 11 is 0. The third kappa shape index (κ3) is 5.35. The Morgan fingerprint density at radius 1 is 1.50 bits per heavy atom. The average molecular weight is 258 g/mol. The molecule has 6 heteroatoms. The maximum absolute atomic E-state index is 11.6. The van der Waals surface area contributed by atoms with Gasteiger partial charge in [0.25, 0.3) is 0 Å². The fraction of sp³-hybridized carbons (Fsp3) is 0.833. The van der Waals surface area contributed by atoms with Gasteiger partial charge in [0, 0.05) is 6.61 Å². The van der Waals surface area contributed by atoms with Crippen molar-refractivity contribution in [2.24, 2.45) is 0 Å².